The minimum absolute atomic E-state index is 0.123. The Labute approximate surface area is 203 Å². The SMILES string of the molecule is O=C(c1nn(-c2ccc(F)c(F)c2)c2c1CCC2)N1CCN(Cc2nc(-c3cccs3)no2)CC1. The first-order chi connectivity index (χ1) is 17.1. The molecule has 0 saturated carbocycles. The number of thiophene rings is 1. The molecule has 4 heterocycles. The van der Waals surface area contributed by atoms with Crippen molar-refractivity contribution in [3.05, 3.63) is 70.2 Å². The zero-order chi connectivity index (χ0) is 23.9. The van der Waals surface area contributed by atoms with Gasteiger partial charge in [-0.1, -0.05) is 11.2 Å². The van der Waals surface area contributed by atoms with Crippen LogP contribution in [0.3, 0.4) is 0 Å². The smallest absolute Gasteiger partial charge is 0.274 e. The molecule has 0 atom stereocenters. The van der Waals surface area contributed by atoms with Gasteiger partial charge in [0.25, 0.3) is 5.91 Å². The highest BCUT2D eigenvalue weighted by molar-refractivity contribution is 7.13. The number of hydrogen-bond donors (Lipinski definition) is 0. The van der Waals surface area contributed by atoms with E-state index in [-0.39, 0.29) is 5.91 Å². The van der Waals surface area contributed by atoms with E-state index in [4.69, 9.17) is 4.52 Å². The summed E-state index contributed by atoms with van der Waals surface area (Å²) in [7, 11) is 0. The van der Waals surface area contributed by atoms with Crippen LogP contribution in [0.25, 0.3) is 16.4 Å². The van der Waals surface area contributed by atoms with Gasteiger partial charge in [-0.3, -0.25) is 9.69 Å². The normalized spacial score (nSPS) is 16.1. The summed E-state index contributed by atoms with van der Waals surface area (Å²) in [6.07, 6.45) is 2.41. The molecule has 0 radical (unpaired) electrons. The van der Waals surface area contributed by atoms with E-state index in [0.717, 1.165) is 47.5 Å². The van der Waals surface area contributed by atoms with Crippen LogP contribution in [-0.4, -0.2) is 61.8 Å². The maximum Gasteiger partial charge on any atom is 0.274 e. The molecule has 0 spiro atoms. The van der Waals surface area contributed by atoms with Crippen LogP contribution in [-0.2, 0) is 19.4 Å². The largest absolute Gasteiger partial charge is 0.338 e. The van der Waals surface area contributed by atoms with Crippen LogP contribution in [0.5, 0.6) is 0 Å². The molecule has 35 heavy (non-hydrogen) atoms. The van der Waals surface area contributed by atoms with Gasteiger partial charge in [-0.25, -0.2) is 13.5 Å². The summed E-state index contributed by atoms with van der Waals surface area (Å²) < 4.78 is 34.2. The van der Waals surface area contributed by atoms with Gasteiger partial charge in [-0.15, -0.1) is 11.3 Å². The second-order valence-corrected chi connectivity index (χ2v) is 9.64. The Bertz CT molecular complexity index is 1370. The van der Waals surface area contributed by atoms with Crippen LogP contribution >= 0.6 is 11.3 Å². The summed E-state index contributed by atoms with van der Waals surface area (Å²) in [5.41, 5.74) is 2.64. The molecule has 0 bridgehead atoms. The second kappa shape index (κ2) is 8.97. The summed E-state index contributed by atoms with van der Waals surface area (Å²) in [5, 5.41) is 10.6. The first kappa shape index (κ1) is 22.1. The molecule has 11 heteroatoms. The highest BCUT2D eigenvalue weighted by atomic mass is 32.1. The number of aromatic nitrogens is 4. The van der Waals surface area contributed by atoms with Crippen LogP contribution in [0, 0.1) is 11.6 Å². The Morgan fingerprint density at radius 1 is 1.09 bits per heavy atom. The summed E-state index contributed by atoms with van der Waals surface area (Å²) in [4.78, 5) is 22.8. The number of rotatable bonds is 5. The molecule has 1 aromatic carbocycles. The lowest BCUT2D eigenvalue weighted by Crippen LogP contribution is -2.48. The van der Waals surface area contributed by atoms with Gasteiger partial charge < -0.3 is 9.42 Å². The first-order valence-corrected chi connectivity index (χ1v) is 12.4. The lowest BCUT2D eigenvalue weighted by Gasteiger charge is -2.33. The quantitative estimate of drug-likeness (QED) is 0.419. The fourth-order valence-corrected chi connectivity index (χ4v) is 5.36. The number of nitrogens with zero attached hydrogens (tertiary/aromatic N) is 6. The lowest BCUT2D eigenvalue weighted by atomic mass is 10.1. The Morgan fingerprint density at radius 3 is 2.71 bits per heavy atom. The highest BCUT2D eigenvalue weighted by Gasteiger charge is 2.31. The van der Waals surface area contributed by atoms with Gasteiger partial charge in [0, 0.05) is 43.5 Å². The molecule has 0 unspecified atom stereocenters. The van der Waals surface area contributed by atoms with E-state index in [1.54, 1.807) is 20.9 Å². The van der Waals surface area contributed by atoms with Crippen molar-refractivity contribution in [2.75, 3.05) is 26.2 Å². The second-order valence-electron chi connectivity index (χ2n) is 8.69. The molecule has 8 nitrogen and oxygen atoms in total. The summed E-state index contributed by atoms with van der Waals surface area (Å²) in [6.45, 7) is 2.98. The number of carbonyl (C=O) groups excluding carboxylic acids is 1. The third-order valence-electron chi connectivity index (χ3n) is 6.51. The summed E-state index contributed by atoms with van der Waals surface area (Å²) >= 11 is 1.56. The van der Waals surface area contributed by atoms with E-state index in [1.807, 2.05) is 17.5 Å². The third kappa shape index (κ3) is 4.14. The standard InChI is InChI=1S/C24H22F2N6O2S/c25-17-7-6-15(13-18(17)26)32-19-4-1-3-16(19)22(28-32)24(33)31-10-8-30(9-11-31)14-21-27-23(29-34-21)20-5-2-12-35-20/h2,5-7,12-13H,1,3-4,8-11,14H2. The van der Waals surface area contributed by atoms with Crippen molar-refractivity contribution >= 4 is 17.2 Å². The van der Waals surface area contributed by atoms with Crippen molar-refractivity contribution in [2.45, 2.75) is 25.8 Å². The Morgan fingerprint density at radius 2 is 1.94 bits per heavy atom. The van der Waals surface area contributed by atoms with Crippen LogP contribution in [0.4, 0.5) is 8.78 Å². The zero-order valence-electron chi connectivity index (χ0n) is 18.8. The average Bonchev–Trinajstić information content (AvgIpc) is 3.65. The number of hydrogen-bond acceptors (Lipinski definition) is 7. The van der Waals surface area contributed by atoms with Crippen molar-refractivity contribution in [3.63, 3.8) is 0 Å². The maximum absolute atomic E-state index is 13.8. The molecule has 1 fully saturated rings. The average molecular weight is 497 g/mol. The molecule has 2 aliphatic rings. The minimum Gasteiger partial charge on any atom is -0.338 e. The Balaban J connectivity index is 1.14. The van der Waals surface area contributed by atoms with Gasteiger partial charge in [0.1, 0.15) is 0 Å². The van der Waals surface area contributed by atoms with Gasteiger partial charge in [-0.05, 0) is 42.8 Å². The Kier molecular flexibility index (Phi) is 5.65. The van der Waals surface area contributed by atoms with Crippen molar-refractivity contribution < 1.29 is 18.1 Å². The topological polar surface area (TPSA) is 80.3 Å². The van der Waals surface area contributed by atoms with Crippen molar-refractivity contribution in [3.8, 4) is 16.4 Å². The van der Waals surface area contributed by atoms with E-state index in [9.17, 15) is 13.6 Å². The molecule has 0 N–H and O–H groups in total. The van der Waals surface area contributed by atoms with Crippen molar-refractivity contribution in [2.24, 2.45) is 0 Å². The number of carbonyl (C=O) groups is 1. The van der Waals surface area contributed by atoms with Crippen LogP contribution in [0.2, 0.25) is 0 Å². The van der Waals surface area contributed by atoms with E-state index >= 15 is 0 Å². The number of fused-ring (bicyclic) bond motifs is 1. The van der Waals surface area contributed by atoms with Gasteiger partial charge >= 0.3 is 0 Å². The van der Waals surface area contributed by atoms with Crippen LogP contribution < -0.4 is 0 Å². The number of piperazine rings is 1. The predicted molar refractivity (Wildman–Crippen MR) is 124 cm³/mol. The number of halogens is 2. The van der Waals surface area contributed by atoms with E-state index in [2.05, 4.69) is 20.1 Å². The third-order valence-corrected chi connectivity index (χ3v) is 7.37. The molecule has 1 aliphatic heterocycles. The van der Waals surface area contributed by atoms with Gasteiger partial charge in [0.05, 0.1) is 17.1 Å². The first-order valence-electron chi connectivity index (χ1n) is 11.5. The highest BCUT2D eigenvalue weighted by Crippen LogP contribution is 2.29. The number of amides is 1. The van der Waals surface area contributed by atoms with E-state index < -0.39 is 11.6 Å². The molecule has 1 saturated heterocycles. The van der Waals surface area contributed by atoms with Gasteiger partial charge in [0.2, 0.25) is 11.7 Å². The zero-order valence-corrected chi connectivity index (χ0v) is 19.6. The fourth-order valence-electron chi connectivity index (χ4n) is 4.71. The van der Waals surface area contributed by atoms with Crippen molar-refractivity contribution in [1.82, 2.24) is 29.7 Å². The predicted octanol–water partition coefficient (Wildman–Crippen LogP) is 3.71. The van der Waals surface area contributed by atoms with Gasteiger partial charge in [-0.2, -0.15) is 10.1 Å². The number of benzene rings is 1. The molecule has 6 rings (SSSR count). The molecule has 180 valence electrons. The lowest BCUT2D eigenvalue weighted by molar-refractivity contribution is 0.0608. The molecular formula is C24H22F2N6O2S. The fraction of sp³-hybridized carbons (Fsp3) is 0.333. The monoisotopic (exact) mass is 496 g/mol. The maximum atomic E-state index is 13.8. The van der Waals surface area contributed by atoms with Gasteiger partial charge in [0.15, 0.2) is 17.3 Å². The van der Waals surface area contributed by atoms with Crippen molar-refractivity contribution in [1.29, 1.82) is 0 Å². The minimum atomic E-state index is -0.933. The van der Waals surface area contributed by atoms with Crippen LogP contribution in [0.1, 0.15) is 34.1 Å². The molecule has 1 aliphatic carbocycles. The van der Waals surface area contributed by atoms with E-state index in [1.165, 1.54) is 6.07 Å². The molecular weight excluding hydrogens is 474 g/mol. The summed E-state index contributed by atoms with van der Waals surface area (Å²) in [6, 6.07) is 7.59. The molecule has 1 amide bonds. The Hall–Kier alpha value is -3.44. The summed E-state index contributed by atoms with van der Waals surface area (Å²) in [5.74, 6) is -0.819. The van der Waals surface area contributed by atoms with Crippen LogP contribution in [0.15, 0.2) is 40.2 Å². The van der Waals surface area contributed by atoms with E-state index in [0.29, 0.717) is 55.8 Å². The molecule has 4 aromatic rings. The molecule has 3 aromatic heterocycles.